The Morgan fingerprint density at radius 2 is 1.21 bits per heavy atom. The molecule has 5 rings (SSSR count). The lowest BCUT2D eigenvalue weighted by Gasteiger charge is -2.36. The van der Waals surface area contributed by atoms with E-state index >= 15 is 0 Å². The highest BCUT2D eigenvalue weighted by atomic mass is 15.3. The van der Waals surface area contributed by atoms with Crippen LogP contribution in [0.25, 0.3) is 21.9 Å². The lowest BCUT2D eigenvalue weighted by atomic mass is 9.97. The van der Waals surface area contributed by atoms with Crippen molar-refractivity contribution in [1.29, 1.82) is 0 Å². The Morgan fingerprint density at radius 1 is 0.590 bits per heavy atom. The Labute approximate surface area is 234 Å². The number of nitrogens with one attached hydrogen (secondary N) is 1. The van der Waals surface area contributed by atoms with Gasteiger partial charge in [0.2, 0.25) is 0 Å². The second kappa shape index (κ2) is 13.7. The molecule has 1 unspecified atom stereocenters. The van der Waals surface area contributed by atoms with E-state index < -0.39 is 0 Å². The summed E-state index contributed by atoms with van der Waals surface area (Å²) in [5.41, 5.74) is 6.13. The highest BCUT2D eigenvalue weighted by Crippen LogP contribution is 2.39. The third-order valence-corrected chi connectivity index (χ3v) is 7.56. The Bertz CT molecular complexity index is 1410. The molecule has 0 spiro atoms. The monoisotopic (exact) mass is 512 g/mol. The minimum Gasteiger partial charge on any atom is -0.360 e. The van der Waals surface area contributed by atoms with Crippen LogP contribution in [0.5, 0.6) is 0 Å². The maximum atomic E-state index is 4.09. The molecule has 0 saturated carbocycles. The first kappa shape index (κ1) is 26.6. The smallest absolute Gasteiger partial charge is 0.126 e. The summed E-state index contributed by atoms with van der Waals surface area (Å²) in [7, 11) is 0. The van der Waals surface area contributed by atoms with E-state index in [1.807, 2.05) is 0 Å². The largest absolute Gasteiger partial charge is 0.360 e. The van der Waals surface area contributed by atoms with Crippen LogP contribution in [0.2, 0.25) is 0 Å². The van der Waals surface area contributed by atoms with Crippen LogP contribution in [0.1, 0.15) is 57.2 Å². The molecule has 0 heterocycles. The minimum absolute atomic E-state index is 0.0162. The number of nitrogens with zero attached hydrogens (tertiary/aromatic N) is 1. The highest BCUT2D eigenvalue weighted by molar-refractivity contribution is 6.01. The molecule has 0 radical (unpaired) electrons. The van der Waals surface area contributed by atoms with Crippen molar-refractivity contribution >= 4 is 22.1 Å². The summed E-state index contributed by atoms with van der Waals surface area (Å²) in [5.74, 6) is 0. The van der Waals surface area contributed by atoms with E-state index in [-0.39, 0.29) is 6.17 Å². The molecule has 2 nitrogen and oxygen atoms in total. The zero-order valence-electron chi connectivity index (χ0n) is 23.1. The van der Waals surface area contributed by atoms with Gasteiger partial charge in [-0.1, -0.05) is 154 Å². The number of benzene rings is 5. The van der Waals surface area contributed by atoms with Crippen molar-refractivity contribution in [2.45, 2.75) is 51.6 Å². The van der Waals surface area contributed by atoms with Gasteiger partial charge < -0.3 is 10.2 Å². The van der Waals surface area contributed by atoms with Gasteiger partial charge >= 0.3 is 0 Å². The van der Waals surface area contributed by atoms with Crippen LogP contribution >= 0.6 is 0 Å². The van der Waals surface area contributed by atoms with Crippen LogP contribution in [-0.2, 0) is 0 Å². The van der Waals surface area contributed by atoms with Gasteiger partial charge in [0.15, 0.2) is 0 Å². The molecule has 0 aliphatic heterocycles. The number of anilines is 2. The predicted octanol–water partition coefficient (Wildman–Crippen LogP) is 10.5. The van der Waals surface area contributed by atoms with E-state index in [0.29, 0.717) is 0 Å². The lowest BCUT2D eigenvalue weighted by molar-refractivity contribution is 0.581. The third-order valence-electron chi connectivity index (χ3n) is 7.56. The molecular weight excluding hydrogens is 472 g/mol. The molecule has 2 heteroatoms. The molecule has 0 aliphatic carbocycles. The van der Waals surface area contributed by atoms with Crippen molar-refractivity contribution < 1.29 is 0 Å². The number of unbranched alkanes of at least 4 members (excludes halogenated alkanes) is 5. The molecule has 198 valence electrons. The van der Waals surface area contributed by atoms with E-state index in [1.54, 1.807) is 0 Å². The van der Waals surface area contributed by atoms with E-state index in [1.165, 1.54) is 77.4 Å². The van der Waals surface area contributed by atoms with Gasteiger partial charge in [-0.25, -0.2) is 0 Å². The van der Waals surface area contributed by atoms with Crippen molar-refractivity contribution in [3.8, 4) is 11.1 Å². The zero-order chi connectivity index (χ0) is 26.7. The van der Waals surface area contributed by atoms with E-state index in [9.17, 15) is 0 Å². The molecule has 0 bridgehead atoms. The summed E-state index contributed by atoms with van der Waals surface area (Å²) in [5, 5.41) is 6.58. The molecule has 0 amide bonds. The number of rotatable bonds is 13. The van der Waals surface area contributed by atoms with Crippen LogP contribution in [0.3, 0.4) is 0 Å². The molecule has 0 aliphatic rings. The average Bonchev–Trinajstić information content (AvgIpc) is 3.01. The van der Waals surface area contributed by atoms with Crippen LogP contribution in [0, 0.1) is 0 Å². The number of hydrogen-bond acceptors (Lipinski definition) is 2. The van der Waals surface area contributed by atoms with Gasteiger partial charge in [0, 0.05) is 23.2 Å². The Hall–Kier alpha value is -4.04. The predicted molar refractivity (Wildman–Crippen MR) is 169 cm³/mol. The van der Waals surface area contributed by atoms with E-state index in [4.69, 9.17) is 0 Å². The standard InChI is InChI=1S/C37H40N2/c1-2-3-4-5-6-18-29-39(33-24-14-9-15-25-33)37(32-22-12-8-13-23-32)38-36-34-26-17-16-21-31(34)27-28-35(36)30-19-10-7-11-20-30/h7-17,19-28,37-38H,2-6,18,29H2,1H3. The van der Waals surface area contributed by atoms with Crippen LogP contribution < -0.4 is 10.2 Å². The first-order valence-corrected chi connectivity index (χ1v) is 14.6. The topological polar surface area (TPSA) is 15.3 Å². The van der Waals surface area contributed by atoms with Gasteiger partial charge in [0.05, 0.1) is 5.69 Å². The fourth-order valence-electron chi connectivity index (χ4n) is 5.49. The molecule has 5 aromatic carbocycles. The highest BCUT2D eigenvalue weighted by Gasteiger charge is 2.23. The van der Waals surface area contributed by atoms with Crippen molar-refractivity contribution in [2.75, 3.05) is 16.8 Å². The second-order valence-electron chi connectivity index (χ2n) is 10.3. The van der Waals surface area contributed by atoms with Crippen molar-refractivity contribution in [2.24, 2.45) is 0 Å². The summed E-state index contributed by atoms with van der Waals surface area (Å²) in [6, 6.07) is 45.8. The van der Waals surface area contributed by atoms with Crippen molar-refractivity contribution in [3.05, 3.63) is 133 Å². The summed E-state index contributed by atoms with van der Waals surface area (Å²) >= 11 is 0. The second-order valence-corrected chi connectivity index (χ2v) is 10.3. The minimum atomic E-state index is -0.0162. The molecule has 39 heavy (non-hydrogen) atoms. The van der Waals surface area contributed by atoms with Crippen LogP contribution in [0.4, 0.5) is 11.4 Å². The number of fused-ring (bicyclic) bond motifs is 1. The average molecular weight is 513 g/mol. The van der Waals surface area contributed by atoms with Crippen molar-refractivity contribution in [3.63, 3.8) is 0 Å². The van der Waals surface area contributed by atoms with Gasteiger partial charge in [0.1, 0.15) is 6.17 Å². The molecule has 1 atom stereocenters. The lowest BCUT2D eigenvalue weighted by Crippen LogP contribution is -2.35. The van der Waals surface area contributed by atoms with E-state index in [0.717, 1.165) is 6.54 Å². The summed E-state index contributed by atoms with van der Waals surface area (Å²) < 4.78 is 0. The molecule has 0 aromatic heterocycles. The Balaban J connectivity index is 1.57. The van der Waals surface area contributed by atoms with Crippen LogP contribution in [-0.4, -0.2) is 6.54 Å². The van der Waals surface area contributed by atoms with Crippen LogP contribution in [0.15, 0.2) is 127 Å². The van der Waals surface area contributed by atoms with Gasteiger partial charge in [-0.15, -0.1) is 0 Å². The molecule has 0 saturated heterocycles. The SMILES string of the molecule is CCCCCCCCN(c1ccccc1)C(Nc1c(-c2ccccc2)ccc2ccccc12)c1ccccc1. The first-order valence-electron chi connectivity index (χ1n) is 14.6. The Morgan fingerprint density at radius 3 is 1.95 bits per heavy atom. The fraction of sp³-hybridized carbons (Fsp3) is 0.243. The summed E-state index contributed by atoms with van der Waals surface area (Å²) in [4.78, 5) is 2.56. The third kappa shape index (κ3) is 6.70. The molecule has 5 aromatic rings. The number of para-hydroxylation sites is 1. The zero-order valence-corrected chi connectivity index (χ0v) is 23.1. The molecule has 0 fully saturated rings. The van der Waals surface area contributed by atoms with Crippen molar-refractivity contribution in [1.82, 2.24) is 0 Å². The molecule has 1 N–H and O–H groups in total. The number of hydrogen-bond donors (Lipinski definition) is 1. The van der Waals surface area contributed by atoms with Gasteiger partial charge in [-0.2, -0.15) is 0 Å². The normalized spacial score (nSPS) is 11.8. The summed E-state index contributed by atoms with van der Waals surface area (Å²) in [6.07, 6.45) is 7.67. The first-order chi connectivity index (χ1) is 19.3. The maximum absolute atomic E-state index is 4.09. The van der Waals surface area contributed by atoms with Gasteiger partial charge in [-0.05, 0) is 35.1 Å². The Kier molecular flexibility index (Phi) is 9.31. The van der Waals surface area contributed by atoms with Gasteiger partial charge in [-0.3, -0.25) is 0 Å². The fourth-order valence-corrected chi connectivity index (χ4v) is 5.49. The summed E-state index contributed by atoms with van der Waals surface area (Å²) in [6.45, 7) is 3.28. The van der Waals surface area contributed by atoms with Gasteiger partial charge in [0.25, 0.3) is 0 Å². The maximum Gasteiger partial charge on any atom is 0.126 e. The molecular formula is C37H40N2. The van der Waals surface area contributed by atoms with E-state index in [2.05, 4.69) is 145 Å². The quantitative estimate of drug-likeness (QED) is 0.125.